The Hall–Kier alpha value is -3.29. The number of anilines is 1. The molecule has 0 aliphatic heterocycles. The Kier molecular flexibility index (Phi) is 3.49. The zero-order valence-electron chi connectivity index (χ0n) is 11.8. The predicted molar refractivity (Wildman–Crippen MR) is 78.5 cm³/mol. The van der Waals surface area contributed by atoms with Gasteiger partial charge in [-0.25, -0.2) is 19.2 Å². The molecule has 0 spiro atoms. The van der Waals surface area contributed by atoms with E-state index in [1.165, 1.54) is 31.3 Å². The lowest BCUT2D eigenvalue weighted by molar-refractivity contribution is -0.114. The van der Waals surface area contributed by atoms with Crippen molar-refractivity contribution >= 4 is 28.7 Å². The molecule has 0 aliphatic carbocycles. The molecule has 1 aromatic carbocycles. The summed E-state index contributed by atoms with van der Waals surface area (Å²) in [5, 5.41) is 11.3. The average molecular weight is 315 g/mol. The summed E-state index contributed by atoms with van der Waals surface area (Å²) in [6, 6.07) is 5.29. The van der Waals surface area contributed by atoms with E-state index in [2.05, 4.69) is 15.3 Å². The second-order valence-corrected chi connectivity index (χ2v) is 4.73. The second kappa shape index (κ2) is 5.48. The first-order chi connectivity index (χ1) is 10.9. The SMILES string of the molecule is CC(=O)Nc1cc2nc(-c3ccnc(C(=O)O)c3)oc2cc1F. The number of carboxylic acids is 1. The number of pyridine rings is 1. The van der Waals surface area contributed by atoms with Crippen molar-refractivity contribution in [3.63, 3.8) is 0 Å². The first-order valence-electron chi connectivity index (χ1n) is 6.51. The number of amides is 1. The number of aromatic carboxylic acids is 1. The Morgan fingerprint density at radius 1 is 1.30 bits per heavy atom. The number of rotatable bonds is 3. The van der Waals surface area contributed by atoms with Crippen molar-refractivity contribution < 1.29 is 23.5 Å². The van der Waals surface area contributed by atoms with Crippen molar-refractivity contribution in [3.8, 4) is 11.5 Å². The Morgan fingerprint density at radius 2 is 2.09 bits per heavy atom. The van der Waals surface area contributed by atoms with Crippen molar-refractivity contribution in [2.24, 2.45) is 0 Å². The van der Waals surface area contributed by atoms with Gasteiger partial charge in [0, 0.05) is 24.8 Å². The molecule has 0 saturated carbocycles. The van der Waals surface area contributed by atoms with Gasteiger partial charge in [-0.3, -0.25) is 4.79 Å². The molecular weight excluding hydrogens is 305 g/mol. The van der Waals surface area contributed by atoms with Crippen LogP contribution >= 0.6 is 0 Å². The monoisotopic (exact) mass is 315 g/mol. The zero-order valence-corrected chi connectivity index (χ0v) is 11.8. The number of hydrogen-bond donors (Lipinski definition) is 2. The van der Waals surface area contributed by atoms with Crippen molar-refractivity contribution in [1.29, 1.82) is 0 Å². The molecule has 0 aliphatic rings. The zero-order chi connectivity index (χ0) is 16.6. The number of carbonyl (C=O) groups is 2. The van der Waals surface area contributed by atoms with E-state index in [9.17, 15) is 14.0 Å². The summed E-state index contributed by atoms with van der Waals surface area (Å²) in [6.45, 7) is 1.27. The molecule has 23 heavy (non-hydrogen) atoms. The minimum Gasteiger partial charge on any atom is -0.477 e. The molecule has 2 aromatic heterocycles. The van der Waals surface area contributed by atoms with Gasteiger partial charge in [-0.05, 0) is 18.2 Å². The van der Waals surface area contributed by atoms with E-state index in [-0.39, 0.29) is 22.9 Å². The van der Waals surface area contributed by atoms with E-state index in [1.54, 1.807) is 0 Å². The van der Waals surface area contributed by atoms with Crippen LogP contribution in [0.1, 0.15) is 17.4 Å². The fraction of sp³-hybridized carbons (Fsp3) is 0.0667. The van der Waals surface area contributed by atoms with Crippen LogP contribution in [0.15, 0.2) is 34.9 Å². The Balaban J connectivity index is 2.08. The molecule has 3 rings (SSSR count). The van der Waals surface area contributed by atoms with Crippen LogP contribution in [0.5, 0.6) is 0 Å². The molecule has 116 valence electrons. The van der Waals surface area contributed by atoms with Crippen LogP contribution in [0.2, 0.25) is 0 Å². The Labute approximate surface area is 128 Å². The van der Waals surface area contributed by atoms with Gasteiger partial charge in [0.05, 0.1) is 5.69 Å². The van der Waals surface area contributed by atoms with Crippen molar-refractivity contribution in [3.05, 3.63) is 42.0 Å². The molecule has 2 N–H and O–H groups in total. The molecule has 0 fully saturated rings. The molecule has 1 amide bonds. The van der Waals surface area contributed by atoms with Crippen LogP contribution in [0.4, 0.5) is 10.1 Å². The summed E-state index contributed by atoms with van der Waals surface area (Å²) < 4.78 is 19.3. The highest BCUT2D eigenvalue weighted by atomic mass is 19.1. The maximum Gasteiger partial charge on any atom is 0.354 e. The topological polar surface area (TPSA) is 105 Å². The quantitative estimate of drug-likeness (QED) is 0.770. The largest absolute Gasteiger partial charge is 0.477 e. The summed E-state index contributed by atoms with van der Waals surface area (Å²) in [5.41, 5.74) is 0.745. The van der Waals surface area contributed by atoms with Crippen molar-refractivity contribution in [2.45, 2.75) is 6.92 Å². The van der Waals surface area contributed by atoms with Gasteiger partial charge in [0.25, 0.3) is 0 Å². The minimum atomic E-state index is -1.18. The van der Waals surface area contributed by atoms with Crippen LogP contribution in [0, 0.1) is 5.82 Å². The lowest BCUT2D eigenvalue weighted by Gasteiger charge is -2.02. The molecule has 0 radical (unpaired) electrons. The van der Waals surface area contributed by atoms with E-state index in [1.807, 2.05) is 0 Å². The van der Waals surface area contributed by atoms with Gasteiger partial charge >= 0.3 is 5.97 Å². The first kappa shape index (κ1) is 14.6. The van der Waals surface area contributed by atoms with E-state index in [0.717, 1.165) is 6.07 Å². The standard InChI is InChI=1S/C15H10FN3O4/c1-7(20)18-10-6-11-13(5-9(10)16)23-14(19-11)8-2-3-17-12(4-8)15(21)22/h2-6H,1H3,(H,18,20)(H,21,22). The highest BCUT2D eigenvalue weighted by Crippen LogP contribution is 2.28. The third kappa shape index (κ3) is 2.86. The number of aromatic nitrogens is 2. The molecule has 0 atom stereocenters. The van der Waals surface area contributed by atoms with E-state index in [0.29, 0.717) is 11.1 Å². The van der Waals surface area contributed by atoms with Crippen LogP contribution in [0.3, 0.4) is 0 Å². The lowest BCUT2D eigenvalue weighted by atomic mass is 10.2. The Morgan fingerprint density at radius 3 is 2.78 bits per heavy atom. The third-order valence-corrected chi connectivity index (χ3v) is 3.01. The van der Waals surface area contributed by atoms with Crippen LogP contribution in [0.25, 0.3) is 22.6 Å². The Bertz CT molecular complexity index is 936. The normalized spacial score (nSPS) is 10.7. The molecule has 0 saturated heterocycles. The molecule has 0 unspecified atom stereocenters. The van der Waals surface area contributed by atoms with Crippen molar-refractivity contribution in [1.82, 2.24) is 9.97 Å². The van der Waals surface area contributed by atoms with Gasteiger partial charge in [0.15, 0.2) is 11.4 Å². The second-order valence-electron chi connectivity index (χ2n) is 4.73. The molecular formula is C15H10FN3O4. The summed E-state index contributed by atoms with van der Waals surface area (Å²) >= 11 is 0. The van der Waals surface area contributed by atoms with E-state index >= 15 is 0 Å². The van der Waals surface area contributed by atoms with Gasteiger partial charge in [-0.2, -0.15) is 0 Å². The smallest absolute Gasteiger partial charge is 0.354 e. The van der Waals surface area contributed by atoms with Gasteiger partial charge < -0.3 is 14.8 Å². The summed E-state index contributed by atoms with van der Waals surface area (Å²) in [4.78, 5) is 29.9. The highest BCUT2D eigenvalue weighted by molar-refractivity contribution is 5.92. The predicted octanol–water partition coefficient (Wildman–Crippen LogP) is 2.69. The maximum absolute atomic E-state index is 13.9. The van der Waals surface area contributed by atoms with Crippen molar-refractivity contribution in [2.75, 3.05) is 5.32 Å². The summed E-state index contributed by atoms with van der Waals surface area (Å²) in [7, 11) is 0. The maximum atomic E-state index is 13.9. The van der Waals surface area contributed by atoms with E-state index < -0.39 is 17.7 Å². The summed E-state index contributed by atoms with van der Waals surface area (Å²) in [6.07, 6.45) is 1.32. The van der Waals surface area contributed by atoms with E-state index in [4.69, 9.17) is 9.52 Å². The average Bonchev–Trinajstić information content (AvgIpc) is 2.90. The molecule has 2 heterocycles. The summed E-state index contributed by atoms with van der Waals surface area (Å²) in [5.74, 6) is -2.12. The van der Waals surface area contributed by atoms with Gasteiger partial charge in [0.2, 0.25) is 11.8 Å². The molecule has 8 heteroatoms. The lowest BCUT2D eigenvalue weighted by Crippen LogP contribution is -2.07. The third-order valence-electron chi connectivity index (χ3n) is 3.01. The number of nitrogens with one attached hydrogen (secondary N) is 1. The van der Waals surface area contributed by atoms with Crippen LogP contribution < -0.4 is 5.32 Å². The molecule has 3 aromatic rings. The van der Waals surface area contributed by atoms with Crippen LogP contribution in [-0.4, -0.2) is 27.0 Å². The number of carboxylic acid groups (broad SMARTS) is 1. The number of nitrogens with zero attached hydrogens (tertiary/aromatic N) is 2. The number of fused-ring (bicyclic) bond motifs is 1. The fourth-order valence-electron chi connectivity index (χ4n) is 2.04. The van der Waals surface area contributed by atoms with Gasteiger partial charge in [0.1, 0.15) is 11.2 Å². The van der Waals surface area contributed by atoms with Gasteiger partial charge in [-0.1, -0.05) is 0 Å². The number of halogens is 1. The molecule has 0 bridgehead atoms. The number of hydrogen-bond acceptors (Lipinski definition) is 5. The van der Waals surface area contributed by atoms with Crippen LogP contribution in [-0.2, 0) is 4.79 Å². The number of benzene rings is 1. The fourth-order valence-corrected chi connectivity index (χ4v) is 2.04. The van der Waals surface area contributed by atoms with Gasteiger partial charge in [-0.15, -0.1) is 0 Å². The molecule has 7 nitrogen and oxygen atoms in total. The highest BCUT2D eigenvalue weighted by Gasteiger charge is 2.14. The number of carbonyl (C=O) groups excluding carboxylic acids is 1. The minimum absolute atomic E-state index is 0.00852. The number of oxazole rings is 1. The first-order valence-corrected chi connectivity index (χ1v) is 6.51.